The summed E-state index contributed by atoms with van der Waals surface area (Å²) in [6, 6.07) is 13.9. The number of fused-ring (bicyclic) bond motifs is 1. The van der Waals surface area contributed by atoms with E-state index < -0.39 is 0 Å². The van der Waals surface area contributed by atoms with Gasteiger partial charge in [0, 0.05) is 36.8 Å². The zero-order valence-electron chi connectivity index (χ0n) is 12.4. The van der Waals surface area contributed by atoms with Gasteiger partial charge in [0.2, 0.25) is 0 Å². The third-order valence-corrected chi connectivity index (χ3v) is 3.54. The van der Waals surface area contributed by atoms with Crippen molar-refractivity contribution < 1.29 is 9.18 Å². The zero-order valence-corrected chi connectivity index (χ0v) is 12.4. The topological polar surface area (TPSA) is 33.2 Å². The minimum atomic E-state index is -0.286. The number of pyridine rings is 1. The molecule has 0 aliphatic heterocycles. The first-order valence-corrected chi connectivity index (χ1v) is 6.92. The van der Waals surface area contributed by atoms with Crippen molar-refractivity contribution in [1.29, 1.82) is 0 Å². The fraction of sp³-hybridized carbons (Fsp3) is 0.111. The Hall–Kier alpha value is -2.75. The number of aromatic nitrogens is 1. The van der Waals surface area contributed by atoms with Crippen LogP contribution >= 0.6 is 0 Å². The molecule has 3 aromatic rings. The van der Waals surface area contributed by atoms with E-state index in [1.54, 1.807) is 50.6 Å². The average molecular weight is 294 g/mol. The standard InChI is InChI=1S/C18H15FN2O/c1-21(2)18(22)13-8-6-12(7-9-13)14-10-15-16(19)4-3-5-17(15)20-11-14/h3-11H,1-2H3. The predicted octanol–water partition coefficient (Wildman–Crippen LogP) is 3.74. The van der Waals surface area contributed by atoms with Crippen molar-refractivity contribution in [2.24, 2.45) is 0 Å². The SMILES string of the molecule is CN(C)C(=O)c1ccc(-c2cnc3cccc(F)c3c2)cc1. The number of carbonyl (C=O) groups is 1. The zero-order chi connectivity index (χ0) is 15.7. The molecule has 0 bridgehead atoms. The molecule has 0 saturated heterocycles. The first-order valence-electron chi connectivity index (χ1n) is 6.92. The van der Waals surface area contributed by atoms with E-state index in [0.717, 1.165) is 11.1 Å². The molecule has 0 radical (unpaired) electrons. The minimum Gasteiger partial charge on any atom is -0.345 e. The number of carbonyl (C=O) groups excluding carboxylic acids is 1. The molecule has 2 aromatic carbocycles. The number of amides is 1. The van der Waals surface area contributed by atoms with Crippen molar-refractivity contribution in [3.05, 3.63) is 66.1 Å². The van der Waals surface area contributed by atoms with Gasteiger partial charge in [0.1, 0.15) is 5.82 Å². The molecule has 1 heterocycles. The van der Waals surface area contributed by atoms with E-state index in [2.05, 4.69) is 4.98 Å². The Morgan fingerprint density at radius 1 is 1.05 bits per heavy atom. The molecule has 0 saturated carbocycles. The Kier molecular flexibility index (Phi) is 3.59. The molecule has 22 heavy (non-hydrogen) atoms. The number of rotatable bonds is 2. The second-order valence-electron chi connectivity index (χ2n) is 5.31. The van der Waals surface area contributed by atoms with Gasteiger partial charge < -0.3 is 4.90 Å². The Balaban J connectivity index is 2.01. The maximum atomic E-state index is 13.9. The molecule has 3 nitrogen and oxygen atoms in total. The van der Waals surface area contributed by atoms with Gasteiger partial charge in [0.25, 0.3) is 5.91 Å². The van der Waals surface area contributed by atoms with Crippen molar-refractivity contribution in [2.75, 3.05) is 14.1 Å². The Labute approximate surface area is 128 Å². The highest BCUT2D eigenvalue weighted by Gasteiger charge is 2.09. The lowest BCUT2D eigenvalue weighted by molar-refractivity contribution is 0.0827. The van der Waals surface area contributed by atoms with Crippen LogP contribution in [0.1, 0.15) is 10.4 Å². The largest absolute Gasteiger partial charge is 0.345 e. The summed E-state index contributed by atoms with van der Waals surface area (Å²) in [6.07, 6.45) is 1.71. The highest BCUT2D eigenvalue weighted by Crippen LogP contribution is 2.24. The van der Waals surface area contributed by atoms with Gasteiger partial charge in [-0.15, -0.1) is 0 Å². The van der Waals surface area contributed by atoms with E-state index in [0.29, 0.717) is 16.5 Å². The summed E-state index contributed by atoms with van der Waals surface area (Å²) in [5.74, 6) is -0.333. The van der Waals surface area contributed by atoms with Gasteiger partial charge in [0.05, 0.1) is 5.52 Å². The van der Waals surface area contributed by atoms with E-state index in [1.807, 2.05) is 12.1 Å². The fourth-order valence-corrected chi connectivity index (χ4v) is 2.33. The lowest BCUT2D eigenvalue weighted by Crippen LogP contribution is -2.21. The van der Waals surface area contributed by atoms with Crippen LogP contribution in [-0.4, -0.2) is 29.9 Å². The van der Waals surface area contributed by atoms with Gasteiger partial charge in [-0.3, -0.25) is 9.78 Å². The summed E-state index contributed by atoms with van der Waals surface area (Å²) in [7, 11) is 3.43. The first-order chi connectivity index (χ1) is 10.6. The highest BCUT2D eigenvalue weighted by atomic mass is 19.1. The summed E-state index contributed by atoms with van der Waals surface area (Å²) in [5.41, 5.74) is 2.96. The summed E-state index contributed by atoms with van der Waals surface area (Å²) in [5, 5.41) is 0.494. The molecule has 0 spiro atoms. The van der Waals surface area contributed by atoms with E-state index in [1.165, 1.54) is 11.0 Å². The summed E-state index contributed by atoms with van der Waals surface area (Å²) in [6.45, 7) is 0. The number of benzene rings is 2. The number of nitrogens with zero attached hydrogens (tertiary/aromatic N) is 2. The molecule has 0 fully saturated rings. The lowest BCUT2D eigenvalue weighted by Gasteiger charge is -2.10. The van der Waals surface area contributed by atoms with Crippen LogP contribution in [0.15, 0.2) is 54.7 Å². The van der Waals surface area contributed by atoms with E-state index in [9.17, 15) is 9.18 Å². The fourth-order valence-electron chi connectivity index (χ4n) is 2.33. The van der Waals surface area contributed by atoms with Gasteiger partial charge in [-0.25, -0.2) is 4.39 Å². The molecular weight excluding hydrogens is 279 g/mol. The molecule has 110 valence electrons. The van der Waals surface area contributed by atoms with Gasteiger partial charge in [0.15, 0.2) is 0 Å². The van der Waals surface area contributed by atoms with Crippen LogP contribution in [0, 0.1) is 5.82 Å². The van der Waals surface area contributed by atoms with Gasteiger partial charge >= 0.3 is 0 Å². The quantitative estimate of drug-likeness (QED) is 0.721. The highest BCUT2D eigenvalue weighted by molar-refractivity contribution is 5.94. The van der Waals surface area contributed by atoms with Crippen molar-refractivity contribution in [2.45, 2.75) is 0 Å². The van der Waals surface area contributed by atoms with Gasteiger partial charge in [-0.1, -0.05) is 18.2 Å². The molecule has 0 aliphatic rings. The van der Waals surface area contributed by atoms with Crippen LogP contribution in [0.2, 0.25) is 0 Å². The predicted molar refractivity (Wildman–Crippen MR) is 85.2 cm³/mol. The summed E-state index contributed by atoms with van der Waals surface area (Å²) < 4.78 is 13.9. The molecule has 1 aromatic heterocycles. The van der Waals surface area contributed by atoms with E-state index >= 15 is 0 Å². The van der Waals surface area contributed by atoms with E-state index in [4.69, 9.17) is 0 Å². The molecule has 0 aliphatic carbocycles. The molecule has 1 amide bonds. The third-order valence-electron chi connectivity index (χ3n) is 3.54. The average Bonchev–Trinajstić information content (AvgIpc) is 2.54. The van der Waals surface area contributed by atoms with Crippen LogP contribution in [0.4, 0.5) is 4.39 Å². The van der Waals surface area contributed by atoms with Crippen LogP contribution in [0.5, 0.6) is 0 Å². The molecule has 4 heteroatoms. The number of hydrogen-bond donors (Lipinski definition) is 0. The van der Waals surface area contributed by atoms with Crippen molar-refractivity contribution in [3.8, 4) is 11.1 Å². The van der Waals surface area contributed by atoms with E-state index in [-0.39, 0.29) is 11.7 Å². The number of hydrogen-bond acceptors (Lipinski definition) is 2. The van der Waals surface area contributed by atoms with Crippen LogP contribution in [0.25, 0.3) is 22.0 Å². The minimum absolute atomic E-state index is 0.0470. The molecule has 0 atom stereocenters. The van der Waals surface area contributed by atoms with Gasteiger partial charge in [-0.2, -0.15) is 0 Å². The maximum Gasteiger partial charge on any atom is 0.253 e. The van der Waals surface area contributed by atoms with Crippen LogP contribution in [0.3, 0.4) is 0 Å². The molecular formula is C18H15FN2O. The smallest absolute Gasteiger partial charge is 0.253 e. The maximum absolute atomic E-state index is 13.9. The lowest BCUT2D eigenvalue weighted by atomic mass is 10.0. The molecule has 0 N–H and O–H groups in total. The van der Waals surface area contributed by atoms with Crippen LogP contribution in [-0.2, 0) is 0 Å². The third kappa shape index (κ3) is 2.55. The van der Waals surface area contributed by atoms with Gasteiger partial charge in [-0.05, 0) is 35.9 Å². The Bertz CT molecular complexity index is 841. The van der Waals surface area contributed by atoms with Crippen molar-refractivity contribution in [3.63, 3.8) is 0 Å². The monoisotopic (exact) mass is 294 g/mol. The molecule has 3 rings (SSSR count). The van der Waals surface area contributed by atoms with Crippen molar-refractivity contribution in [1.82, 2.24) is 9.88 Å². The van der Waals surface area contributed by atoms with Crippen molar-refractivity contribution >= 4 is 16.8 Å². The Morgan fingerprint density at radius 2 is 1.77 bits per heavy atom. The summed E-state index contributed by atoms with van der Waals surface area (Å²) >= 11 is 0. The second-order valence-corrected chi connectivity index (χ2v) is 5.31. The van der Waals surface area contributed by atoms with Crippen LogP contribution < -0.4 is 0 Å². The second kappa shape index (κ2) is 5.56. The number of halogens is 1. The summed E-state index contributed by atoms with van der Waals surface area (Å²) in [4.78, 5) is 17.7. The first kappa shape index (κ1) is 14.2. The molecule has 0 unspecified atom stereocenters. The normalized spacial score (nSPS) is 10.7. The Morgan fingerprint density at radius 3 is 2.45 bits per heavy atom.